The van der Waals surface area contributed by atoms with Crippen LogP contribution in [0.15, 0.2) is 22.8 Å². The molecule has 2 aromatic rings. The molecular formula is C15H18N2O4S. The van der Waals surface area contributed by atoms with Gasteiger partial charge < -0.3 is 14.8 Å². The summed E-state index contributed by atoms with van der Waals surface area (Å²) in [5.41, 5.74) is 0.249. The zero-order valence-electron chi connectivity index (χ0n) is 12.5. The number of carboxylic acids is 1. The molecule has 0 aromatic carbocycles. The normalized spacial score (nSPS) is 12.1. The number of nitrogens with zero attached hydrogens (tertiary/aromatic N) is 1. The lowest BCUT2D eigenvalue weighted by molar-refractivity contribution is -0.139. The Hall–Kier alpha value is -2.15. The van der Waals surface area contributed by atoms with Crippen LogP contribution in [0.2, 0.25) is 0 Å². The van der Waals surface area contributed by atoms with Crippen molar-refractivity contribution in [3.8, 4) is 10.8 Å². The Bertz CT molecular complexity index is 649. The first kappa shape index (κ1) is 16.2. The summed E-state index contributed by atoms with van der Waals surface area (Å²) in [6.45, 7) is 3.75. The molecule has 2 heterocycles. The van der Waals surface area contributed by atoms with Gasteiger partial charge in [0.25, 0.3) is 5.91 Å². The molecule has 0 saturated carbocycles. The molecule has 0 aliphatic heterocycles. The maximum Gasteiger partial charge on any atom is 0.326 e. The van der Waals surface area contributed by atoms with Gasteiger partial charge in [0.1, 0.15) is 11.7 Å². The van der Waals surface area contributed by atoms with Gasteiger partial charge in [-0.1, -0.05) is 19.8 Å². The molecule has 118 valence electrons. The van der Waals surface area contributed by atoms with Crippen molar-refractivity contribution in [2.75, 3.05) is 0 Å². The molecule has 0 spiro atoms. The molecule has 0 radical (unpaired) electrons. The van der Waals surface area contributed by atoms with Crippen molar-refractivity contribution in [2.45, 2.75) is 39.2 Å². The van der Waals surface area contributed by atoms with E-state index in [1.54, 1.807) is 19.1 Å². The fourth-order valence-electron chi connectivity index (χ4n) is 2.00. The average molecular weight is 322 g/mol. The van der Waals surface area contributed by atoms with Gasteiger partial charge in [0.15, 0.2) is 10.8 Å². The summed E-state index contributed by atoms with van der Waals surface area (Å²) in [4.78, 5) is 28.5. The number of carbonyl (C=O) groups is 2. The Morgan fingerprint density at radius 2 is 2.27 bits per heavy atom. The third-order valence-corrected chi connectivity index (χ3v) is 4.18. The number of hydrogen-bond acceptors (Lipinski definition) is 5. The SMILES string of the molecule is CCCC[C@H](NC(=O)c1nc(-c2ccco2)sc1C)C(=O)O. The van der Waals surface area contributed by atoms with E-state index in [-0.39, 0.29) is 5.69 Å². The van der Waals surface area contributed by atoms with Gasteiger partial charge in [0.05, 0.1) is 6.26 Å². The number of carbonyl (C=O) groups excluding carboxylic acids is 1. The minimum atomic E-state index is -1.03. The highest BCUT2D eigenvalue weighted by Crippen LogP contribution is 2.27. The maximum absolute atomic E-state index is 12.3. The molecule has 0 unspecified atom stereocenters. The quantitative estimate of drug-likeness (QED) is 0.817. The van der Waals surface area contributed by atoms with Gasteiger partial charge >= 0.3 is 5.97 Å². The molecule has 2 aromatic heterocycles. The van der Waals surface area contributed by atoms with Crippen LogP contribution in [0, 0.1) is 6.92 Å². The van der Waals surface area contributed by atoms with E-state index in [0.29, 0.717) is 17.2 Å². The highest BCUT2D eigenvalue weighted by Gasteiger charge is 2.23. The number of hydrogen-bond donors (Lipinski definition) is 2. The largest absolute Gasteiger partial charge is 0.480 e. The average Bonchev–Trinajstić information content (AvgIpc) is 3.11. The third kappa shape index (κ3) is 3.73. The highest BCUT2D eigenvalue weighted by atomic mass is 32.1. The van der Waals surface area contributed by atoms with Crippen molar-refractivity contribution >= 4 is 23.2 Å². The molecule has 0 fully saturated rings. The van der Waals surface area contributed by atoms with Gasteiger partial charge in [0.2, 0.25) is 0 Å². The topological polar surface area (TPSA) is 92.4 Å². The predicted octanol–water partition coefficient (Wildman–Crippen LogP) is 3.08. The number of aromatic nitrogens is 1. The van der Waals surface area contributed by atoms with E-state index in [9.17, 15) is 14.7 Å². The molecule has 1 atom stereocenters. The number of unbranched alkanes of at least 4 members (excludes halogenated alkanes) is 1. The number of amides is 1. The van der Waals surface area contributed by atoms with Gasteiger partial charge in [-0.15, -0.1) is 11.3 Å². The number of thiazole rings is 1. The van der Waals surface area contributed by atoms with Gasteiger partial charge in [-0.2, -0.15) is 0 Å². The van der Waals surface area contributed by atoms with E-state index < -0.39 is 17.9 Å². The molecule has 2 rings (SSSR count). The van der Waals surface area contributed by atoms with E-state index in [4.69, 9.17) is 4.42 Å². The van der Waals surface area contributed by atoms with Crippen LogP contribution in [0.25, 0.3) is 10.8 Å². The van der Waals surface area contributed by atoms with E-state index in [0.717, 1.165) is 17.7 Å². The molecule has 0 aliphatic carbocycles. The van der Waals surface area contributed by atoms with E-state index in [2.05, 4.69) is 10.3 Å². The van der Waals surface area contributed by atoms with Crippen molar-refractivity contribution in [2.24, 2.45) is 0 Å². The smallest absolute Gasteiger partial charge is 0.326 e. The van der Waals surface area contributed by atoms with Gasteiger partial charge in [0, 0.05) is 4.88 Å². The summed E-state index contributed by atoms with van der Waals surface area (Å²) in [5.74, 6) is -0.899. The van der Waals surface area contributed by atoms with E-state index in [1.165, 1.54) is 17.6 Å². The van der Waals surface area contributed by atoms with Crippen molar-refractivity contribution in [1.82, 2.24) is 10.3 Å². The Morgan fingerprint density at radius 3 is 2.86 bits per heavy atom. The summed E-state index contributed by atoms with van der Waals surface area (Å²) in [6, 6.07) is 2.62. The zero-order chi connectivity index (χ0) is 16.1. The van der Waals surface area contributed by atoms with Crippen molar-refractivity contribution in [3.05, 3.63) is 29.0 Å². The number of aryl methyl sites for hydroxylation is 1. The van der Waals surface area contributed by atoms with Crippen LogP contribution in [-0.2, 0) is 4.79 Å². The van der Waals surface area contributed by atoms with E-state index >= 15 is 0 Å². The Balaban J connectivity index is 2.13. The molecular weight excluding hydrogens is 304 g/mol. The minimum absolute atomic E-state index is 0.249. The lowest BCUT2D eigenvalue weighted by Crippen LogP contribution is -2.41. The molecule has 0 aliphatic rings. The standard InChI is InChI=1S/C15H18N2O4S/c1-3-4-6-10(15(19)20)16-13(18)12-9(2)22-14(17-12)11-7-5-8-21-11/h5,7-8,10H,3-4,6H2,1-2H3,(H,16,18)(H,19,20)/t10-/m0/s1. The fraction of sp³-hybridized carbons (Fsp3) is 0.400. The first-order valence-electron chi connectivity index (χ1n) is 7.08. The molecule has 7 heteroatoms. The third-order valence-electron chi connectivity index (χ3n) is 3.19. The fourth-order valence-corrected chi connectivity index (χ4v) is 2.88. The van der Waals surface area contributed by atoms with E-state index in [1.807, 2.05) is 6.92 Å². The van der Waals surface area contributed by atoms with Crippen molar-refractivity contribution in [3.63, 3.8) is 0 Å². The van der Waals surface area contributed by atoms with Crippen LogP contribution in [0.5, 0.6) is 0 Å². The Labute approximate surface area is 132 Å². The van der Waals surface area contributed by atoms with Crippen LogP contribution < -0.4 is 5.32 Å². The number of furan rings is 1. The molecule has 22 heavy (non-hydrogen) atoms. The monoisotopic (exact) mass is 322 g/mol. The molecule has 0 saturated heterocycles. The van der Waals surface area contributed by atoms with Gasteiger partial charge in [-0.05, 0) is 25.5 Å². The maximum atomic E-state index is 12.3. The van der Waals surface area contributed by atoms with Gasteiger partial charge in [-0.25, -0.2) is 9.78 Å². The number of nitrogens with one attached hydrogen (secondary N) is 1. The Morgan fingerprint density at radius 1 is 1.50 bits per heavy atom. The van der Waals surface area contributed by atoms with Crippen molar-refractivity contribution in [1.29, 1.82) is 0 Å². The predicted molar refractivity (Wildman–Crippen MR) is 83.0 cm³/mol. The second-order valence-electron chi connectivity index (χ2n) is 4.91. The lowest BCUT2D eigenvalue weighted by atomic mass is 10.1. The summed E-state index contributed by atoms with van der Waals surface area (Å²) in [7, 11) is 0. The first-order chi connectivity index (χ1) is 10.5. The van der Waals surface area contributed by atoms with Crippen LogP contribution in [0.3, 0.4) is 0 Å². The first-order valence-corrected chi connectivity index (χ1v) is 7.89. The minimum Gasteiger partial charge on any atom is -0.480 e. The summed E-state index contributed by atoms with van der Waals surface area (Å²) in [6.07, 6.45) is 3.56. The molecule has 2 N–H and O–H groups in total. The number of aliphatic carboxylic acids is 1. The van der Waals surface area contributed by atoms with Crippen LogP contribution in [-0.4, -0.2) is 28.0 Å². The highest BCUT2D eigenvalue weighted by molar-refractivity contribution is 7.15. The number of rotatable bonds is 7. The van der Waals surface area contributed by atoms with Crippen LogP contribution in [0.1, 0.15) is 41.6 Å². The zero-order valence-corrected chi connectivity index (χ0v) is 13.3. The second kappa shape index (κ2) is 7.22. The Kier molecular flexibility index (Phi) is 5.32. The summed E-state index contributed by atoms with van der Waals surface area (Å²) in [5, 5.41) is 12.3. The summed E-state index contributed by atoms with van der Waals surface area (Å²) >= 11 is 1.34. The molecule has 6 nitrogen and oxygen atoms in total. The number of carboxylic acid groups (broad SMARTS) is 1. The second-order valence-corrected chi connectivity index (χ2v) is 6.11. The lowest BCUT2D eigenvalue weighted by Gasteiger charge is -2.13. The van der Waals surface area contributed by atoms with Crippen LogP contribution >= 0.6 is 11.3 Å². The molecule has 0 bridgehead atoms. The molecule has 1 amide bonds. The van der Waals surface area contributed by atoms with Crippen molar-refractivity contribution < 1.29 is 19.1 Å². The van der Waals surface area contributed by atoms with Crippen LogP contribution in [0.4, 0.5) is 0 Å². The summed E-state index contributed by atoms with van der Waals surface area (Å²) < 4.78 is 5.26. The van der Waals surface area contributed by atoms with Gasteiger partial charge in [-0.3, -0.25) is 4.79 Å².